The first-order valence-corrected chi connectivity index (χ1v) is 11.7. The molecule has 1 N–H and O–H groups in total. The molecular weight excluding hydrogens is 555 g/mol. The molecule has 9 nitrogen and oxygen atoms in total. The fourth-order valence-electron chi connectivity index (χ4n) is 3.55. The number of aryl methyl sites for hydroxylation is 1. The Morgan fingerprint density at radius 3 is 2.21 bits per heavy atom. The predicted molar refractivity (Wildman–Crippen MR) is 130 cm³/mol. The summed E-state index contributed by atoms with van der Waals surface area (Å²) in [6.07, 6.45) is -1.14. The molecule has 0 spiro atoms. The number of esters is 2. The van der Waals surface area contributed by atoms with E-state index in [1.54, 1.807) is 67.6 Å². The zero-order chi connectivity index (χ0) is 24.2. The van der Waals surface area contributed by atoms with Crippen molar-refractivity contribution in [3.8, 4) is 0 Å². The molecule has 1 saturated heterocycles. The Kier molecular flexibility index (Phi) is 7.27. The average Bonchev–Trinajstić information content (AvgIpc) is 3.15. The maximum Gasteiger partial charge on any atom is 0.338 e. The number of aromatic nitrogens is 2. The zero-order valence-electron chi connectivity index (χ0n) is 18.1. The average molecular weight is 576 g/mol. The molecule has 2 aromatic carbocycles. The number of carbonyl (C=O) groups excluding carboxylic acids is 2. The minimum Gasteiger partial charge on any atom is -0.459 e. The molecule has 2 heterocycles. The van der Waals surface area contributed by atoms with Crippen LogP contribution in [0.25, 0.3) is 0 Å². The monoisotopic (exact) mass is 576 g/mol. The van der Waals surface area contributed by atoms with Crippen molar-refractivity contribution in [2.75, 3.05) is 6.61 Å². The first-order valence-electron chi connectivity index (χ1n) is 10.4. The van der Waals surface area contributed by atoms with Gasteiger partial charge in [-0.3, -0.25) is 14.3 Å². The third kappa shape index (κ3) is 5.12. The van der Waals surface area contributed by atoms with Crippen LogP contribution in [0.2, 0.25) is 0 Å². The van der Waals surface area contributed by atoms with Crippen LogP contribution in [0.3, 0.4) is 0 Å². The van der Waals surface area contributed by atoms with Crippen LogP contribution in [0, 0.1) is 6.92 Å². The van der Waals surface area contributed by atoms with Crippen molar-refractivity contribution in [2.24, 2.45) is 0 Å². The van der Waals surface area contributed by atoms with E-state index < -0.39 is 45.5 Å². The molecule has 4 atom stereocenters. The highest BCUT2D eigenvalue weighted by atomic mass is 127. The SMILES string of the molecule is Cc1cn([C@@H]2O[C@H](COC(=O)c3ccccc3)[C@H](OC(=O)c3ccccc3)[C@H]2I)c(=O)[nH]c1=O. The second kappa shape index (κ2) is 10.3. The number of aromatic amines is 1. The van der Waals surface area contributed by atoms with Gasteiger partial charge < -0.3 is 14.2 Å². The summed E-state index contributed by atoms with van der Waals surface area (Å²) in [4.78, 5) is 51.7. The highest BCUT2D eigenvalue weighted by molar-refractivity contribution is 14.1. The molecule has 10 heteroatoms. The number of nitrogens with zero attached hydrogens (tertiary/aromatic N) is 1. The molecule has 0 unspecified atom stereocenters. The maximum absolute atomic E-state index is 12.8. The van der Waals surface area contributed by atoms with E-state index in [1.165, 1.54) is 10.8 Å². The second-order valence-corrected chi connectivity index (χ2v) is 9.13. The van der Waals surface area contributed by atoms with Crippen molar-refractivity contribution in [3.05, 3.63) is 104 Å². The van der Waals surface area contributed by atoms with Crippen LogP contribution in [0.5, 0.6) is 0 Å². The van der Waals surface area contributed by atoms with E-state index in [2.05, 4.69) is 4.98 Å². The minimum atomic E-state index is -0.863. The van der Waals surface area contributed by atoms with E-state index in [9.17, 15) is 19.2 Å². The van der Waals surface area contributed by atoms with Gasteiger partial charge in [0, 0.05) is 11.8 Å². The Morgan fingerprint density at radius 2 is 1.59 bits per heavy atom. The van der Waals surface area contributed by atoms with Crippen molar-refractivity contribution in [1.29, 1.82) is 0 Å². The Balaban J connectivity index is 1.59. The Labute approximate surface area is 207 Å². The first kappa shape index (κ1) is 23.9. The molecule has 1 aromatic heterocycles. The smallest absolute Gasteiger partial charge is 0.338 e. The van der Waals surface area contributed by atoms with Gasteiger partial charge >= 0.3 is 17.6 Å². The van der Waals surface area contributed by atoms with Crippen molar-refractivity contribution in [2.45, 2.75) is 29.3 Å². The number of H-pyrrole nitrogens is 1. The van der Waals surface area contributed by atoms with Crippen molar-refractivity contribution >= 4 is 34.5 Å². The third-order valence-electron chi connectivity index (χ3n) is 5.33. The summed E-state index contributed by atoms with van der Waals surface area (Å²) >= 11 is 2.04. The summed E-state index contributed by atoms with van der Waals surface area (Å²) in [5.41, 5.74) is -0.106. The largest absolute Gasteiger partial charge is 0.459 e. The van der Waals surface area contributed by atoms with Crippen LogP contribution in [-0.4, -0.2) is 44.2 Å². The highest BCUT2D eigenvalue weighted by Gasteiger charge is 2.47. The molecule has 176 valence electrons. The lowest BCUT2D eigenvalue weighted by Crippen LogP contribution is -2.38. The number of halogens is 1. The Morgan fingerprint density at radius 1 is 1.00 bits per heavy atom. The van der Waals surface area contributed by atoms with E-state index in [0.29, 0.717) is 16.7 Å². The number of benzene rings is 2. The minimum absolute atomic E-state index is 0.201. The second-order valence-electron chi connectivity index (χ2n) is 7.69. The summed E-state index contributed by atoms with van der Waals surface area (Å²) in [6, 6.07) is 16.9. The lowest BCUT2D eigenvalue weighted by molar-refractivity contribution is -0.0581. The molecule has 1 fully saturated rings. The number of rotatable bonds is 6. The molecule has 0 radical (unpaired) electrons. The number of hydrogen-bond acceptors (Lipinski definition) is 7. The van der Waals surface area contributed by atoms with Gasteiger partial charge in [0.1, 0.15) is 18.8 Å². The summed E-state index contributed by atoms with van der Waals surface area (Å²) in [5.74, 6) is -1.12. The van der Waals surface area contributed by atoms with E-state index in [0.717, 1.165) is 0 Å². The van der Waals surface area contributed by atoms with Gasteiger partial charge in [-0.25, -0.2) is 14.4 Å². The van der Waals surface area contributed by atoms with Gasteiger partial charge in [0.15, 0.2) is 6.23 Å². The molecular formula is C24H21IN2O7. The first-order chi connectivity index (χ1) is 16.3. The topological polar surface area (TPSA) is 117 Å². The van der Waals surface area contributed by atoms with E-state index in [1.807, 2.05) is 22.6 Å². The molecule has 1 aliphatic rings. The van der Waals surface area contributed by atoms with E-state index >= 15 is 0 Å². The van der Waals surface area contributed by atoms with Gasteiger partial charge in [0.2, 0.25) is 0 Å². The van der Waals surface area contributed by atoms with Crippen LogP contribution in [0.4, 0.5) is 0 Å². The molecule has 3 aromatic rings. The van der Waals surface area contributed by atoms with Crippen LogP contribution >= 0.6 is 22.6 Å². The molecule has 0 bridgehead atoms. The number of ether oxygens (including phenoxy) is 3. The normalized spacial score (nSPS) is 21.7. The van der Waals surface area contributed by atoms with Crippen molar-refractivity contribution in [1.82, 2.24) is 9.55 Å². The molecule has 0 aliphatic carbocycles. The van der Waals surface area contributed by atoms with Gasteiger partial charge in [-0.05, 0) is 31.2 Å². The Hall–Kier alpha value is -3.25. The van der Waals surface area contributed by atoms with Gasteiger partial charge in [0.05, 0.1) is 15.1 Å². The fraction of sp³-hybridized carbons (Fsp3) is 0.250. The quantitative estimate of drug-likeness (QED) is 0.273. The maximum atomic E-state index is 12.8. The molecule has 34 heavy (non-hydrogen) atoms. The zero-order valence-corrected chi connectivity index (χ0v) is 20.2. The summed E-state index contributed by atoms with van der Waals surface area (Å²) in [7, 11) is 0. The molecule has 0 saturated carbocycles. The van der Waals surface area contributed by atoms with Gasteiger partial charge in [0.25, 0.3) is 5.56 Å². The van der Waals surface area contributed by atoms with Gasteiger partial charge in [-0.2, -0.15) is 0 Å². The number of carbonyl (C=O) groups is 2. The molecule has 4 rings (SSSR count). The number of nitrogens with one attached hydrogen (secondary N) is 1. The van der Waals surface area contributed by atoms with Gasteiger partial charge in [-0.15, -0.1) is 0 Å². The van der Waals surface area contributed by atoms with Crippen LogP contribution < -0.4 is 11.2 Å². The van der Waals surface area contributed by atoms with Crippen molar-refractivity contribution < 1.29 is 23.8 Å². The molecule has 1 aliphatic heterocycles. The van der Waals surface area contributed by atoms with Crippen LogP contribution in [0.15, 0.2) is 76.4 Å². The standard InChI is InChI=1S/C24H21IN2O7/c1-14-12-27(24(31)26-20(14)28)21-18(25)19(34-23(30)16-10-6-3-7-11-16)17(33-21)13-32-22(29)15-8-4-2-5-9-15/h2-12,17-19,21H,13H2,1H3,(H,26,28,31)/t17-,18-,19+,21-/m1/s1. The third-order valence-corrected chi connectivity index (χ3v) is 6.65. The predicted octanol–water partition coefficient (Wildman–Crippen LogP) is 2.63. The number of hydrogen-bond donors (Lipinski definition) is 1. The summed E-state index contributed by atoms with van der Waals surface area (Å²) in [5, 5.41) is 0. The Bertz CT molecular complexity index is 1290. The molecule has 0 amide bonds. The van der Waals surface area contributed by atoms with E-state index in [-0.39, 0.29) is 6.61 Å². The van der Waals surface area contributed by atoms with E-state index in [4.69, 9.17) is 14.2 Å². The lowest BCUT2D eigenvalue weighted by Gasteiger charge is -2.20. The fourth-order valence-corrected chi connectivity index (χ4v) is 4.68. The van der Waals surface area contributed by atoms with Crippen LogP contribution in [0.1, 0.15) is 32.5 Å². The summed E-state index contributed by atoms with van der Waals surface area (Å²) in [6.45, 7) is 1.37. The lowest BCUT2D eigenvalue weighted by atomic mass is 10.1. The highest BCUT2D eigenvalue weighted by Crippen LogP contribution is 2.37. The van der Waals surface area contributed by atoms with Crippen LogP contribution in [-0.2, 0) is 14.2 Å². The van der Waals surface area contributed by atoms with Crippen molar-refractivity contribution in [3.63, 3.8) is 0 Å². The summed E-state index contributed by atoms with van der Waals surface area (Å²) < 4.78 is 18.0. The number of alkyl halides is 1. The van der Waals surface area contributed by atoms with Gasteiger partial charge in [-0.1, -0.05) is 59.0 Å².